The second-order valence-corrected chi connectivity index (χ2v) is 4.38. The van der Waals surface area contributed by atoms with Crippen LogP contribution in [0, 0.1) is 11.6 Å². The van der Waals surface area contributed by atoms with Gasteiger partial charge < -0.3 is 4.74 Å². The normalized spacial score (nSPS) is 10.8. The van der Waals surface area contributed by atoms with Gasteiger partial charge >= 0.3 is 0 Å². The molecule has 0 aliphatic carbocycles. The number of hydrogen-bond donors (Lipinski definition) is 0. The van der Waals surface area contributed by atoms with E-state index in [4.69, 9.17) is 4.74 Å². The van der Waals surface area contributed by atoms with E-state index >= 15 is 0 Å². The van der Waals surface area contributed by atoms with Crippen molar-refractivity contribution in [2.24, 2.45) is 0 Å². The van der Waals surface area contributed by atoms with Crippen LogP contribution in [0.25, 0.3) is 22.2 Å². The predicted octanol–water partition coefficient (Wildman–Crippen LogP) is 4.19. The number of halogens is 2. The molecule has 3 rings (SSSR count). The van der Waals surface area contributed by atoms with Crippen LogP contribution in [0.2, 0.25) is 0 Å². The number of aromatic nitrogens is 1. The van der Waals surface area contributed by atoms with Crippen molar-refractivity contribution in [2.45, 2.75) is 0 Å². The van der Waals surface area contributed by atoms with E-state index in [1.807, 2.05) is 24.3 Å². The van der Waals surface area contributed by atoms with Gasteiger partial charge in [0.2, 0.25) is 0 Å². The molecule has 0 unspecified atom stereocenters. The van der Waals surface area contributed by atoms with Gasteiger partial charge in [-0.2, -0.15) is 0 Å². The van der Waals surface area contributed by atoms with Crippen molar-refractivity contribution in [1.82, 2.24) is 4.98 Å². The monoisotopic (exact) mass is 271 g/mol. The molecule has 0 spiro atoms. The standard InChI is InChI=1S/C16H11F2NO/c1-20-12-4-2-3-10(7-12)15-6-5-13-14(18)8-11(17)9-16(13)19-15/h2-9H,1H3. The lowest BCUT2D eigenvalue weighted by atomic mass is 10.1. The lowest BCUT2D eigenvalue weighted by Gasteiger charge is -2.06. The number of hydrogen-bond acceptors (Lipinski definition) is 2. The lowest BCUT2D eigenvalue weighted by Crippen LogP contribution is -1.90. The molecule has 0 amide bonds. The summed E-state index contributed by atoms with van der Waals surface area (Å²) in [5.74, 6) is -0.537. The van der Waals surface area contributed by atoms with Gasteiger partial charge in [0, 0.05) is 23.1 Å². The van der Waals surface area contributed by atoms with E-state index in [2.05, 4.69) is 4.98 Å². The molecule has 1 heterocycles. The molecule has 1 aromatic heterocycles. The number of ether oxygens (including phenoxy) is 1. The number of benzene rings is 2. The Morgan fingerprint density at radius 1 is 1.00 bits per heavy atom. The summed E-state index contributed by atoms with van der Waals surface area (Å²) in [6.07, 6.45) is 0. The first-order chi connectivity index (χ1) is 9.67. The van der Waals surface area contributed by atoms with E-state index in [0.29, 0.717) is 22.3 Å². The van der Waals surface area contributed by atoms with Crippen LogP contribution < -0.4 is 4.74 Å². The zero-order valence-electron chi connectivity index (χ0n) is 10.7. The average molecular weight is 271 g/mol. The molecule has 4 heteroatoms. The Balaban J connectivity index is 2.17. The minimum atomic E-state index is -0.634. The fraction of sp³-hybridized carbons (Fsp3) is 0.0625. The van der Waals surface area contributed by atoms with Crippen molar-refractivity contribution in [2.75, 3.05) is 7.11 Å². The molecule has 0 radical (unpaired) electrons. The minimum Gasteiger partial charge on any atom is -0.497 e. The first-order valence-corrected chi connectivity index (χ1v) is 6.07. The Bertz CT molecular complexity index is 787. The molecule has 3 aromatic rings. The molecule has 0 bridgehead atoms. The quantitative estimate of drug-likeness (QED) is 0.697. The van der Waals surface area contributed by atoms with Crippen molar-refractivity contribution in [3.63, 3.8) is 0 Å². The van der Waals surface area contributed by atoms with Crippen LogP contribution in [0.15, 0.2) is 48.5 Å². The third-order valence-corrected chi connectivity index (χ3v) is 3.09. The van der Waals surface area contributed by atoms with Crippen molar-refractivity contribution >= 4 is 10.9 Å². The fourth-order valence-electron chi connectivity index (χ4n) is 2.10. The summed E-state index contributed by atoms with van der Waals surface area (Å²) < 4.78 is 32.0. The van der Waals surface area contributed by atoms with Crippen LogP contribution in [-0.2, 0) is 0 Å². The number of methoxy groups -OCH3 is 1. The molecule has 0 N–H and O–H groups in total. The van der Waals surface area contributed by atoms with Crippen molar-refractivity contribution in [1.29, 1.82) is 0 Å². The summed E-state index contributed by atoms with van der Waals surface area (Å²) in [5.41, 5.74) is 1.76. The van der Waals surface area contributed by atoms with Crippen molar-refractivity contribution < 1.29 is 13.5 Å². The molecular weight excluding hydrogens is 260 g/mol. The molecule has 0 aliphatic rings. The average Bonchev–Trinajstić information content (AvgIpc) is 2.46. The first kappa shape index (κ1) is 12.5. The molecule has 0 aliphatic heterocycles. The van der Waals surface area contributed by atoms with Crippen LogP contribution >= 0.6 is 0 Å². The Kier molecular flexibility index (Phi) is 3.06. The van der Waals surface area contributed by atoms with Gasteiger partial charge in [-0.1, -0.05) is 12.1 Å². The predicted molar refractivity (Wildman–Crippen MR) is 73.6 cm³/mol. The summed E-state index contributed by atoms with van der Waals surface area (Å²) in [4.78, 5) is 4.31. The topological polar surface area (TPSA) is 22.1 Å². The third-order valence-electron chi connectivity index (χ3n) is 3.09. The molecule has 20 heavy (non-hydrogen) atoms. The summed E-state index contributed by atoms with van der Waals surface area (Å²) in [6, 6.07) is 12.7. The van der Waals surface area contributed by atoms with Gasteiger partial charge in [0.1, 0.15) is 17.4 Å². The first-order valence-electron chi connectivity index (χ1n) is 6.07. The highest BCUT2D eigenvalue weighted by Gasteiger charge is 2.07. The molecule has 100 valence electrons. The molecule has 0 saturated heterocycles. The van der Waals surface area contributed by atoms with Gasteiger partial charge in [-0.15, -0.1) is 0 Å². The van der Waals surface area contributed by atoms with Gasteiger partial charge in [-0.3, -0.25) is 0 Å². The van der Waals surface area contributed by atoms with Crippen LogP contribution in [0.1, 0.15) is 0 Å². The highest BCUT2D eigenvalue weighted by atomic mass is 19.1. The summed E-state index contributed by atoms with van der Waals surface area (Å²) in [6.45, 7) is 0. The zero-order valence-corrected chi connectivity index (χ0v) is 10.7. The fourth-order valence-corrected chi connectivity index (χ4v) is 2.10. The second-order valence-electron chi connectivity index (χ2n) is 4.38. The van der Waals surface area contributed by atoms with Crippen LogP contribution in [-0.4, -0.2) is 12.1 Å². The van der Waals surface area contributed by atoms with Crippen LogP contribution in [0.4, 0.5) is 8.78 Å². The number of pyridine rings is 1. The summed E-state index contributed by atoms with van der Waals surface area (Å²) in [7, 11) is 1.58. The molecule has 0 saturated carbocycles. The highest BCUT2D eigenvalue weighted by Crippen LogP contribution is 2.25. The zero-order chi connectivity index (χ0) is 14.1. The summed E-state index contributed by atoms with van der Waals surface area (Å²) >= 11 is 0. The Morgan fingerprint density at radius 3 is 2.65 bits per heavy atom. The molecular formula is C16H11F2NO. The smallest absolute Gasteiger partial charge is 0.135 e. The Morgan fingerprint density at radius 2 is 1.85 bits per heavy atom. The third kappa shape index (κ3) is 2.20. The number of rotatable bonds is 2. The van der Waals surface area contributed by atoms with Gasteiger partial charge in [0.25, 0.3) is 0 Å². The number of nitrogens with zero attached hydrogens (tertiary/aromatic N) is 1. The van der Waals surface area contributed by atoms with E-state index in [-0.39, 0.29) is 0 Å². The lowest BCUT2D eigenvalue weighted by molar-refractivity contribution is 0.415. The molecule has 2 aromatic carbocycles. The van der Waals surface area contributed by atoms with Gasteiger partial charge in [-0.05, 0) is 24.3 Å². The molecule has 0 atom stereocenters. The van der Waals surface area contributed by atoms with Gasteiger partial charge in [0.15, 0.2) is 0 Å². The van der Waals surface area contributed by atoms with Crippen molar-refractivity contribution in [3.8, 4) is 17.0 Å². The van der Waals surface area contributed by atoms with E-state index in [0.717, 1.165) is 11.6 Å². The molecule has 2 nitrogen and oxygen atoms in total. The van der Waals surface area contributed by atoms with Crippen LogP contribution in [0.3, 0.4) is 0 Å². The van der Waals surface area contributed by atoms with E-state index in [9.17, 15) is 8.78 Å². The minimum absolute atomic E-state index is 0.294. The van der Waals surface area contributed by atoms with Gasteiger partial charge in [-0.25, -0.2) is 13.8 Å². The molecule has 0 fully saturated rings. The Hall–Kier alpha value is -2.49. The van der Waals surface area contributed by atoms with E-state index in [1.165, 1.54) is 6.07 Å². The number of fused-ring (bicyclic) bond motifs is 1. The van der Waals surface area contributed by atoms with E-state index < -0.39 is 11.6 Å². The summed E-state index contributed by atoms with van der Waals surface area (Å²) in [5, 5.41) is 0.304. The van der Waals surface area contributed by atoms with E-state index in [1.54, 1.807) is 19.2 Å². The van der Waals surface area contributed by atoms with Gasteiger partial charge in [0.05, 0.1) is 18.3 Å². The maximum Gasteiger partial charge on any atom is 0.135 e. The second kappa shape index (κ2) is 4.89. The Labute approximate surface area is 114 Å². The SMILES string of the molecule is COc1cccc(-c2ccc3c(F)cc(F)cc3n2)c1. The largest absolute Gasteiger partial charge is 0.497 e. The van der Waals surface area contributed by atoms with Crippen LogP contribution in [0.5, 0.6) is 5.75 Å². The maximum atomic E-state index is 13.6. The van der Waals surface area contributed by atoms with Crippen molar-refractivity contribution in [3.05, 3.63) is 60.2 Å². The highest BCUT2D eigenvalue weighted by molar-refractivity contribution is 5.82. The maximum absolute atomic E-state index is 13.6.